The molecule has 0 saturated carbocycles. The number of esters is 1. The molecule has 1 unspecified atom stereocenters. The zero-order valence-corrected chi connectivity index (χ0v) is 17.5. The van der Waals surface area contributed by atoms with E-state index in [0.29, 0.717) is 5.75 Å². The average Bonchev–Trinajstić information content (AvgIpc) is 3.19. The summed E-state index contributed by atoms with van der Waals surface area (Å²) in [5, 5.41) is 2.10. The number of hydrogen-bond acceptors (Lipinski definition) is 6. The molecular weight excluding hydrogens is 404 g/mol. The van der Waals surface area contributed by atoms with Crippen molar-refractivity contribution in [3.05, 3.63) is 81.8 Å². The lowest BCUT2D eigenvalue weighted by Crippen LogP contribution is -2.16. The van der Waals surface area contributed by atoms with E-state index in [9.17, 15) is 9.59 Å². The lowest BCUT2D eigenvalue weighted by molar-refractivity contribution is -0.135. The predicted molar refractivity (Wildman–Crippen MR) is 118 cm³/mol. The van der Waals surface area contributed by atoms with Crippen LogP contribution in [-0.2, 0) is 4.79 Å². The van der Waals surface area contributed by atoms with E-state index >= 15 is 0 Å². The Hall–Kier alpha value is -2.96. The van der Waals surface area contributed by atoms with Crippen molar-refractivity contribution in [3.63, 3.8) is 0 Å². The number of hydrogen-bond donors (Lipinski definition) is 0. The highest BCUT2D eigenvalue weighted by molar-refractivity contribution is 7.69. The highest BCUT2D eigenvalue weighted by Gasteiger charge is 2.18. The SMILES string of the molecule is COc1ccc2cc(C(C)C(=O)Oc3ccc(-c4cc(=O)ss4)cc3)ccc2c1. The van der Waals surface area contributed by atoms with Crippen LogP contribution in [0.15, 0.2) is 71.5 Å². The summed E-state index contributed by atoms with van der Waals surface area (Å²) < 4.78 is 10.9. The van der Waals surface area contributed by atoms with Crippen LogP contribution in [0.3, 0.4) is 0 Å². The van der Waals surface area contributed by atoms with Crippen LogP contribution in [0.1, 0.15) is 18.4 Å². The summed E-state index contributed by atoms with van der Waals surface area (Å²) in [4.78, 5) is 24.9. The molecule has 0 fully saturated rings. The van der Waals surface area contributed by atoms with Gasteiger partial charge in [-0.05, 0) is 75.6 Å². The molecule has 0 bridgehead atoms. The van der Waals surface area contributed by atoms with Gasteiger partial charge in [0.05, 0.1) is 13.0 Å². The van der Waals surface area contributed by atoms with Gasteiger partial charge >= 0.3 is 5.97 Å². The van der Waals surface area contributed by atoms with Gasteiger partial charge in [-0.3, -0.25) is 9.59 Å². The second-order valence-corrected chi connectivity index (χ2v) is 8.81. The Kier molecular flexibility index (Phi) is 5.47. The monoisotopic (exact) mass is 422 g/mol. The van der Waals surface area contributed by atoms with Crippen LogP contribution < -0.4 is 14.2 Å². The van der Waals surface area contributed by atoms with Gasteiger partial charge in [-0.15, -0.1) is 0 Å². The summed E-state index contributed by atoms with van der Waals surface area (Å²) in [5.74, 6) is 0.573. The van der Waals surface area contributed by atoms with Crippen molar-refractivity contribution in [2.75, 3.05) is 7.11 Å². The number of carbonyl (C=O) groups is 1. The van der Waals surface area contributed by atoms with Crippen LogP contribution >= 0.6 is 20.7 Å². The lowest BCUT2D eigenvalue weighted by Gasteiger charge is -2.13. The predicted octanol–water partition coefficient (Wildman–Crippen LogP) is 5.71. The molecule has 146 valence electrons. The fraction of sp³-hybridized carbons (Fsp3) is 0.130. The van der Waals surface area contributed by atoms with E-state index in [-0.39, 0.29) is 10.7 Å². The second-order valence-electron chi connectivity index (χ2n) is 6.63. The molecule has 0 aliphatic heterocycles. The van der Waals surface area contributed by atoms with Crippen LogP contribution in [0.5, 0.6) is 11.5 Å². The summed E-state index contributed by atoms with van der Waals surface area (Å²) in [6, 6.07) is 20.6. The van der Waals surface area contributed by atoms with E-state index < -0.39 is 5.92 Å². The minimum absolute atomic E-state index is 0.0446. The van der Waals surface area contributed by atoms with Gasteiger partial charge < -0.3 is 9.47 Å². The molecule has 0 aliphatic rings. The molecule has 0 spiro atoms. The van der Waals surface area contributed by atoms with Gasteiger partial charge in [0.15, 0.2) is 0 Å². The van der Waals surface area contributed by atoms with Crippen molar-refractivity contribution in [3.8, 4) is 21.9 Å². The van der Waals surface area contributed by atoms with Gasteiger partial charge in [0.1, 0.15) is 11.5 Å². The number of benzene rings is 3. The third kappa shape index (κ3) is 4.23. The van der Waals surface area contributed by atoms with Crippen LogP contribution in [-0.4, -0.2) is 13.1 Å². The molecule has 0 N–H and O–H groups in total. The van der Waals surface area contributed by atoms with Gasteiger partial charge in [0.2, 0.25) is 4.74 Å². The first-order chi connectivity index (χ1) is 14.0. The average molecular weight is 423 g/mol. The van der Waals surface area contributed by atoms with E-state index in [1.807, 2.05) is 55.5 Å². The van der Waals surface area contributed by atoms with E-state index in [1.54, 1.807) is 25.3 Å². The molecule has 29 heavy (non-hydrogen) atoms. The molecule has 4 nitrogen and oxygen atoms in total. The fourth-order valence-corrected chi connectivity index (χ4v) is 4.93. The number of fused-ring (bicyclic) bond motifs is 1. The highest BCUT2D eigenvalue weighted by Crippen LogP contribution is 2.29. The first-order valence-electron chi connectivity index (χ1n) is 9.03. The van der Waals surface area contributed by atoms with Crippen LogP contribution in [0, 0.1) is 0 Å². The van der Waals surface area contributed by atoms with Gasteiger partial charge in [0, 0.05) is 10.9 Å². The minimum atomic E-state index is -0.400. The van der Waals surface area contributed by atoms with E-state index in [4.69, 9.17) is 9.47 Å². The van der Waals surface area contributed by atoms with E-state index in [0.717, 1.165) is 32.5 Å². The standard InChI is InChI=1S/C23H18O4S2/c1-14(16-3-4-18-12-20(26-2)10-7-17(18)11-16)23(25)27-19-8-5-15(6-9-19)21-13-22(24)29-28-21/h3-14H,1-2H3. The van der Waals surface area contributed by atoms with Gasteiger partial charge in [-0.2, -0.15) is 0 Å². The topological polar surface area (TPSA) is 52.6 Å². The molecule has 1 atom stereocenters. The molecule has 4 aromatic rings. The molecule has 4 rings (SSSR count). The van der Waals surface area contributed by atoms with Crippen LogP contribution in [0.2, 0.25) is 0 Å². The first kappa shape index (κ1) is 19.4. The molecule has 3 aromatic carbocycles. The summed E-state index contributed by atoms with van der Waals surface area (Å²) in [7, 11) is 4.29. The number of methoxy groups -OCH3 is 1. The Morgan fingerprint density at radius 1 is 0.862 bits per heavy atom. The lowest BCUT2D eigenvalue weighted by atomic mass is 9.98. The van der Waals surface area contributed by atoms with Gasteiger partial charge in [-0.25, -0.2) is 0 Å². The van der Waals surface area contributed by atoms with Crippen LogP contribution in [0.25, 0.3) is 21.2 Å². The van der Waals surface area contributed by atoms with Crippen molar-refractivity contribution in [1.29, 1.82) is 0 Å². The largest absolute Gasteiger partial charge is 0.497 e. The van der Waals surface area contributed by atoms with Crippen LogP contribution in [0.4, 0.5) is 0 Å². The van der Waals surface area contributed by atoms with Crippen molar-refractivity contribution < 1.29 is 14.3 Å². The highest BCUT2D eigenvalue weighted by atomic mass is 32.9. The molecule has 0 aliphatic carbocycles. The van der Waals surface area contributed by atoms with Gasteiger partial charge in [-0.1, -0.05) is 34.6 Å². The summed E-state index contributed by atoms with van der Waals surface area (Å²) in [5.41, 5.74) is 1.83. The Bertz CT molecular complexity index is 1220. The zero-order chi connectivity index (χ0) is 20.4. The Labute approximate surface area is 175 Å². The summed E-state index contributed by atoms with van der Waals surface area (Å²) in [6.07, 6.45) is 0. The maximum Gasteiger partial charge on any atom is 0.318 e. The smallest absolute Gasteiger partial charge is 0.318 e. The summed E-state index contributed by atoms with van der Waals surface area (Å²) >= 11 is 0. The number of ether oxygens (including phenoxy) is 2. The molecule has 0 radical (unpaired) electrons. The molecule has 0 amide bonds. The maximum absolute atomic E-state index is 12.6. The third-order valence-corrected chi connectivity index (χ3v) is 6.92. The van der Waals surface area contributed by atoms with Gasteiger partial charge in [0.25, 0.3) is 0 Å². The van der Waals surface area contributed by atoms with Crippen molar-refractivity contribution >= 4 is 37.4 Å². The maximum atomic E-state index is 12.6. The molecular formula is C23H18O4S2. The third-order valence-electron chi connectivity index (χ3n) is 4.74. The van der Waals surface area contributed by atoms with E-state index in [2.05, 4.69) is 0 Å². The van der Waals surface area contributed by atoms with Crippen molar-refractivity contribution in [2.24, 2.45) is 0 Å². The number of rotatable bonds is 5. The Morgan fingerprint density at radius 3 is 2.24 bits per heavy atom. The fourth-order valence-electron chi connectivity index (χ4n) is 3.04. The minimum Gasteiger partial charge on any atom is -0.497 e. The Balaban J connectivity index is 1.49. The molecule has 6 heteroatoms. The quantitative estimate of drug-likeness (QED) is 0.235. The first-order valence-corrected chi connectivity index (χ1v) is 11.2. The molecule has 1 aromatic heterocycles. The summed E-state index contributed by atoms with van der Waals surface area (Å²) in [6.45, 7) is 1.84. The normalized spacial score (nSPS) is 11.9. The van der Waals surface area contributed by atoms with Crippen molar-refractivity contribution in [1.82, 2.24) is 0 Å². The molecule has 0 saturated heterocycles. The van der Waals surface area contributed by atoms with E-state index in [1.165, 1.54) is 20.7 Å². The molecule has 1 heterocycles. The zero-order valence-electron chi connectivity index (χ0n) is 15.9. The second kappa shape index (κ2) is 8.19. The van der Waals surface area contributed by atoms with Crippen molar-refractivity contribution in [2.45, 2.75) is 12.8 Å². The number of carbonyl (C=O) groups excluding carboxylic acids is 1. The Morgan fingerprint density at radius 2 is 1.55 bits per heavy atom.